The Labute approximate surface area is 225 Å². The van der Waals surface area contributed by atoms with Gasteiger partial charge in [0.15, 0.2) is 6.29 Å². The summed E-state index contributed by atoms with van der Waals surface area (Å²) in [4.78, 5) is 21.0. The topological polar surface area (TPSA) is 98.5 Å². The van der Waals surface area contributed by atoms with Crippen LogP contribution in [0.2, 0.25) is 0 Å². The quantitative estimate of drug-likeness (QED) is 0.297. The number of hydrogen-bond donors (Lipinski definition) is 2. The minimum absolute atomic E-state index is 0.00244. The molecule has 0 unspecified atom stereocenters. The number of aromatic nitrogens is 3. The number of para-hydroxylation sites is 2. The van der Waals surface area contributed by atoms with Crippen molar-refractivity contribution in [1.29, 1.82) is 0 Å². The number of imidazole rings is 1. The van der Waals surface area contributed by atoms with Gasteiger partial charge in [-0.3, -0.25) is 9.78 Å². The van der Waals surface area contributed by atoms with Crippen LogP contribution in [-0.4, -0.2) is 31.7 Å². The monoisotopic (exact) mass is 520 g/mol. The van der Waals surface area contributed by atoms with Gasteiger partial charge in [0.2, 0.25) is 0 Å². The van der Waals surface area contributed by atoms with Crippen LogP contribution in [0.4, 0.5) is 5.69 Å². The summed E-state index contributed by atoms with van der Waals surface area (Å²) in [5.74, 6) is -0.222. The Kier molecular flexibility index (Phi) is 7.14. The lowest BCUT2D eigenvalue weighted by Gasteiger charge is -2.36. The van der Waals surface area contributed by atoms with Gasteiger partial charge in [-0.05, 0) is 47.5 Å². The molecule has 39 heavy (non-hydrogen) atoms. The smallest absolute Gasteiger partial charge is 0.257 e. The molecular weight excluding hydrogens is 492 g/mol. The number of anilines is 1. The molecule has 3 aromatic carbocycles. The molecule has 2 N–H and O–H groups in total. The molecule has 1 aliphatic rings. The van der Waals surface area contributed by atoms with E-state index in [9.17, 15) is 9.90 Å². The Balaban J connectivity index is 1.23. The Bertz CT molecular complexity index is 1550. The maximum Gasteiger partial charge on any atom is 0.257 e. The van der Waals surface area contributed by atoms with Crippen molar-refractivity contribution < 1.29 is 19.4 Å². The van der Waals surface area contributed by atoms with Crippen LogP contribution in [0.15, 0.2) is 104 Å². The molecule has 1 aliphatic heterocycles. The maximum absolute atomic E-state index is 12.5. The average molecular weight is 521 g/mol. The van der Waals surface area contributed by atoms with Gasteiger partial charge in [0.1, 0.15) is 0 Å². The summed E-state index contributed by atoms with van der Waals surface area (Å²) in [6.45, 7) is 0.627. The molecule has 1 saturated heterocycles. The van der Waals surface area contributed by atoms with E-state index >= 15 is 0 Å². The van der Waals surface area contributed by atoms with Crippen molar-refractivity contribution in [2.24, 2.45) is 0 Å². The molecule has 0 saturated carbocycles. The van der Waals surface area contributed by atoms with Gasteiger partial charge in [-0.1, -0.05) is 48.5 Å². The van der Waals surface area contributed by atoms with Crippen LogP contribution in [0.25, 0.3) is 11.0 Å². The Morgan fingerprint density at radius 2 is 1.74 bits per heavy atom. The lowest BCUT2D eigenvalue weighted by Crippen LogP contribution is -2.32. The second kappa shape index (κ2) is 11.2. The number of fused-ring (bicyclic) bond motifs is 1. The molecule has 5 aromatic rings. The molecule has 0 bridgehead atoms. The number of aliphatic hydroxyl groups is 1. The van der Waals surface area contributed by atoms with Gasteiger partial charge in [-0.15, -0.1) is 0 Å². The van der Waals surface area contributed by atoms with E-state index < -0.39 is 6.29 Å². The van der Waals surface area contributed by atoms with Gasteiger partial charge in [-0.2, -0.15) is 0 Å². The van der Waals surface area contributed by atoms with Gasteiger partial charge in [0, 0.05) is 30.1 Å². The van der Waals surface area contributed by atoms with Crippen LogP contribution in [0, 0.1) is 0 Å². The van der Waals surface area contributed by atoms with Crippen LogP contribution in [0.1, 0.15) is 45.9 Å². The third kappa shape index (κ3) is 5.58. The van der Waals surface area contributed by atoms with Crippen molar-refractivity contribution in [2.75, 3.05) is 5.32 Å². The maximum atomic E-state index is 12.5. The summed E-state index contributed by atoms with van der Waals surface area (Å²) in [5, 5.41) is 12.4. The predicted molar refractivity (Wildman–Crippen MR) is 147 cm³/mol. The van der Waals surface area contributed by atoms with Crippen LogP contribution < -0.4 is 5.32 Å². The number of nitrogens with one attached hydrogen (secondary N) is 1. The number of rotatable bonds is 7. The average Bonchev–Trinajstić information content (AvgIpc) is 3.40. The van der Waals surface area contributed by atoms with E-state index in [0.29, 0.717) is 24.2 Å². The second-order valence-corrected chi connectivity index (χ2v) is 9.55. The number of pyridine rings is 1. The summed E-state index contributed by atoms with van der Waals surface area (Å²) in [6.07, 6.45) is 4.76. The van der Waals surface area contributed by atoms with Gasteiger partial charge in [0.25, 0.3) is 5.91 Å². The first kappa shape index (κ1) is 24.9. The van der Waals surface area contributed by atoms with E-state index in [-0.39, 0.29) is 24.7 Å². The summed E-state index contributed by atoms with van der Waals surface area (Å²) >= 11 is 0. The molecule has 3 heterocycles. The Morgan fingerprint density at radius 3 is 2.51 bits per heavy atom. The second-order valence-electron chi connectivity index (χ2n) is 9.55. The van der Waals surface area contributed by atoms with Gasteiger partial charge in [0.05, 0.1) is 48.3 Å². The number of aliphatic hydroxyl groups excluding tert-OH is 1. The molecule has 0 spiro atoms. The van der Waals surface area contributed by atoms with Gasteiger partial charge in [-0.25, -0.2) is 4.98 Å². The first-order valence-corrected chi connectivity index (χ1v) is 12.9. The number of hydrogen-bond acceptors (Lipinski definition) is 6. The first-order chi connectivity index (χ1) is 19.2. The van der Waals surface area contributed by atoms with E-state index in [1.54, 1.807) is 18.3 Å². The number of amides is 1. The minimum Gasteiger partial charge on any atom is -0.392 e. The zero-order valence-corrected chi connectivity index (χ0v) is 21.2. The van der Waals surface area contributed by atoms with Crippen LogP contribution in [0.5, 0.6) is 0 Å². The number of nitrogens with zero attached hydrogens (tertiary/aromatic N) is 3. The zero-order chi connectivity index (χ0) is 26.6. The van der Waals surface area contributed by atoms with E-state index in [1.165, 1.54) is 6.20 Å². The van der Waals surface area contributed by atoms with Crippen molar-refractivity contribution in [2.45, 2.75) is 38.1 Å². The summed E-state index contributed by atoms with van der Waals surface area (Å²) in [5.41, 5.74) is 5.90. The van der Waals surface area contributed by atoms with Crippen molar-refractivity contribution in [3.63, 3.8) is 0 Å². The van der Waals surface area contributed by atoms with Crippen molar-refractivity contribution in [3.05, 3.63) is 126 Å². The number of benzene rings is 3. The normalized spacial score (nSPS) is 19.2. The molecule has 196 valence electrons. The first-order valence-electron chi connectivity index (χ1n) is 12.9. The Hall–Kier alpha value is -4.37. The zero-order valence-electron chi connectivity index (χ0n) is 21.2. The lowest BCUT2D eigenvalue weighted by atomic mass is 10.00. The molecule has 1 fully saturated rings. The van der Waals surface area contributed by atoms with E-state index in [2.05, 4.69) is 25.9 Å². The molecule has 8 heteroatoms. The highest BCUT2D eigenvalue weighted by Gasteiger charge is 2.32. The highest BCUT2D eigenvalue weighted by molar-refractivity contribution is 6.04. The van der Waals surface area contributed by atoms with Gasteiger partial charge < -0.3 is 24.5 Å². The fourth-order valence-corrected chi connectivity index (χ4v) is 4.83. The van der Waals surface area contributed by atoms with Crippen molar-refractivity contribution in [1.82, 2.24) is 14.5 Å². The van der Waals surface area contributed by atoms with Crippen LogP contribution >= 0.6 is 0 Å². The summed E-state index contributed by atoms with van der Waals surface area (Å²) in [6, 6.07) is 26.8. The van der Waals surface area contributed by atoms with Crippen molar-refractivity contribution in [3.8, 4) is 0 Å². The lowest BCUT2D eigenvalue weighted by molar-refractivity contribution is -0.252. The summed E-state index contributed by atoms with van der Waals surface area (Å²) in [7, 11) is 0. The van der Waals surface area contributed by atoms with E-state index in [4.69, 9.17) is 9.47 Å². The molecule has 0 radical (unpaired) electrons. The van der Waals surface area contributed by atoms with Crippen LogP contribution in [-0.2, 0) is 22.6 Å². The minimum atomic E-state index is -0.593. The van der Waals surface area contributed by atoms with Crippen molar-refractivity contribution >= 4 is 22.6 Å². The largest absolute Gasteiger partial charge is 0.392 e. The third-order valence-corrected chi connectivity index (χ3v) is 6.91. The Morgan fingerprint density at radius 1 is 0.949 bits per heavy atom. The van der Waals surface area contributed by atoms with Gasteiger partial charge >= 0.3 is 0 Å². The molecule has 1 amide bonds. The predicted octanol–water partition coefficient (Wildman–Crippen LogP) is 5.42. The fourth-order valence-electron chi connectivity index (χ4n) is 4.83. The third-order valence-electron chi connectivity index (χ3n) is 6.91. The molecule has 6 rings (SSSR count). The van der Waals surface area contributed by atoms with E-state index in [1.807, 2.05) is 73.1 Å². The molecule has 2 aromatic heterocycles. The number of carbonyl (C=O) groups excluding carboxylic acids is 1. The highest BCUT2D eigenvalue weighted by Crippen LogP contribution is 2.39. The molecule has 3 atom stereocenters. The molecular formula is C31H28N4O4. The summed E-state index contributed by atoms with van der Waals surface area (Å²) < 4.78 is 15.0. The fraction of sp³-hybridized carbons (Fsp3) is 0.194. The number of carbonyl (C=O) groups is 1. The molecule has 8 nitrogen and oxygen atoms in total. The molecule has 0 aliphatic carbocycles. The SMILES string of the molecule is O=C(Nc1ccc([C@@H]2O[C@H](Cn3cnc4ccccc43)C[C@H](c3ccc(CO)cc3)O2)cc1)c1cccnc1. The van der Waals surface area contributed by atoms with E-state index in [0.717, 1.165) is 27.7 Å². The number of ether oxygens (including phenoxy) is 2. The van der Waals surface area contributed by atoms with Crippen LogP contribution in [0.3, 0.4) is 0 Å². The highest BCUT2D eigenvalue weighted by atomic mass is 16.7. The standard InChI is InChI=1S/C31H28N4O4/c36-19-21-7-9-22(10-8-21)29-16-26(18-35-20-33-27-5-1-2-6-28(27)35)38-31(39-29)23-11-13-25(14-12-23)34-30(37)24-4-3-15-32-17-24/h1-15,17,20,26,29,31,36H,16,18-19H2,(H,34,37)/t26-,29+,31+/m0/s1.